The van der Waals surface area contributed by atoms with Crippen molar-refractivity contribution in [1.29, 1.82) is 0 Å². The van der Waals surface area contributed by atoms with Gasteiger partial charge in [-0.3, -0.25) is 0 Å². The number of sulfonamides is 1. The van der Waals surface area contributed by atoms with Crippen LogP contribution in [0, 0.1) is 0 Å². The lowest BCUT2D eigenvalue weighted by atomic mass is 9.97. The Morgan fingerprint density at radius 2 is 1.52 bits per heavy atom. The number of piperidine rings is 1. The van der Waals surface area contributed by atoms with Crippen molar-refractivity contribution >= 4 is 21.1 Å². The summed E-state index contributed by atoms with van der Waals surface area (Å²) in [7, 11) is -3.53. The number of rotatable bonds is 5. The number of hydrogen-bond acceptors (Lipinski definition) is 4. The summed E-state index contributed by atoms with van der Waals surface area (Å²) in [6, 6.07) is 24.0. The Morgan fingerprint density at radius 3 is 2.23 bits per heavy atom. The third-order valence-corrected chi connectivity index (χ3v) is 7.60. The molecular formula is C24H25N3O3S. The average Bonchev–Trinajstić information content (AvgIpc) is 3.25. The van der Waals surface area contributed by atoms with E-state index in [-0.39, 0.29) is 12.2 Å². The molecule has 0 spiro atoms. The molecule has 1 aliphatic rings. The molecule has 160 valence electrons. The first-order valence-corrected chi connectivity index (χ1v) is 11.8. The van der Waals surface area contributed by atoms with Crippen LogP contribution in [0.4, 0.5) is 0 Å². The van der Waals surface area contributed by atoms with Crippen LogP contribution >= 0.6 is 0 Å². The van der Waals surface area contributed by atoms with Crippen molar-refractivity contribution in [2.24, 2.45) is 0 Å². The predicted molar refractivity (Wildman–Crippen MR) is 122 cm³/mol. The first kappa shape index (κ1) is 19.8. The molecule has 1 aromatic heterocycles. The summed E-state index contributed by atoms with van der Waals surface area (Å²) in [4.78, 5) is 8.36. The van der Waals surface area contributed by atoms with Gasteiger partial charge in [0.2, 0.25) is 10.0 Å². The Hall–Kier alpha value is -3.16. The zero-order valence-electron chi connectivity index (χ0n) is 16.9. The summed E-state index contributed by atoms with van der Waals surface area (Å²) in [5.41, 5.74) is 1.97. The minimum Gasteiger partial charge on any atom is -0.457 e. The predicted octanol–water partition coefficient (Wildman–Crippen LogP) is 5.17. The van der Waals surface area contributed by atoms with Crippen LogP contribution in [0.1, 0.15) is 26.0 Å². The Bertz CT molecular complexity index is 1250. The van der Waals surface area contributed by atoms with E-state index in [0.29, 0.717) is 24.6 Å². The molecule has 6 nitrogen and oxygen atoms in total. The molecule has 0 radical (unpaired) electrons. The molecule has 31 heavy (non-hydrogen) atoms. The van der Waals surface area contributed by atoms with E-state index in [1.807, 2.05) is 54.6 Å². The second-order valence-corrected chi connectivity index (χ2v) is 9.64. The van der Waals surface area contributed by atoms with Gasteiger partial charge in [0.1, 0.15) is 17.3 Å². The zero-order valence-corrected chi connectivity index (χ0v) is 17.8. The molecule has 0 atom stereocenters. The number of aromatic nitrogens is 2. The first-order valence-electron chi connectivity index (χ1n) is 10.4. The largest absolute Gasteiger partial charge is 0.457 e. The Morgan fingerprint density at radius 1 is 0.871 bits per heavy atom. The molecule has 1 N–H and O–H groups in total. The van der Waals surface area contributed by atoms with Gasteiger partial charge in [-0.1, -0.05) is 30.3 Å². The highest BCUT2D eigenvalue weighted by atomic mass is 32.2. The van der Waals surface area contributed by atoms with Crippen LogP contribution in [0.5, 0.6) is 11.5 Å². The summed E-state index contributed by atoms with van der Waals surface area (Å²) < 4.78 is 33.5. The Balaban J connectivity index is 0.00000245. The molecule has 2 heterocycles. The van der Waals surface area contributed by atoms with Crippen molar-refractivity contribution in [2.45, 2.75) is 23.7 Å². The maximum absolute atomic E-state index is 13.1. The molecular weight excluding hydrogens is 410 g/mol. The van der Waals surface area contributed by atoms with Gasteiger partial charge in [-0.2, -0.15) is 4.31 Å². The molecule has 4 aromatic rings. The van der Waals surface area contributed by atoms with Crippen molar-refractivity contribution in [2.75, 3.05) is 13.1 Å². The highest BCUT2D eigenvalue weighted by Gasteiger charge is 2.31. The number of nitrogens with zero attached hydrogens (tertiary/aromatic N) is 2. The minimum atomic E-state index is -3.53. The number of nitrogens with one attached hydrogen (secondary N) is 1. The Kier molecular flexibility index (Phi) is 5.21. The van der Waals surface area contributed by atoms with E-state index in [1.165, 1.54) is 0 Å². The van der Waals surface area contributed by atoms with Crippen LogP contribution < -0.4 is 4.74 Å². The number of imidazole rings is 1. The Labute approximate surface area is 183 Å². The van der Waals surface area contributed by atoms with E-state index in [0.717, 1.165) is 29.7 Å². The quantitative estimate of drug-likeness (QED) is 0.469. The first-order chi connectivity index (χ1) is 15.1. The van der Waals surface area contributed by atoms with Crippen LogP contribution in [-0.2, 0) is 10.0 Å². The molecule has 1 saturated heterocycles. The molecule has 0 unspecified atom stereocenters. The lowest BCUT2D eigenvalue weighted by Crippen LogP contribution is -2.38. The van der Waals surface area contributed by atoms with E-state index < -0.39 is 10.0 Å². The van der Waals surface area contributed by atoms with E-state index in [9.17, 15) is 8.42 Å². The maximum atomic E-state index is 13.1. The molecule has 1 aliphatic heterocycles. The van der Waals surface area contributed by atoms with Crippen LogP contribution in [0.3, 0.4) is 0 Å². The molecule has 1 fully saturated rings. The summed E-state index contributed by atoms with van der Waals surface area (Å²) in [5, 5.41) is 0. The van der Waals surface area contributed by atoms with Crippen molar-refractivity contribution in [1.82, 2.24) is 14.3 Å². The van der Waals surface area contributed by atoms with Crippen molar-refractivity contribution in [3.05, 3.63) is 84.7 Å². The SMILES string of the molecule is O=S(=O)(c1ccc(Oc2ccccc2)cc1)N1CCC(c2nc3ccccc3[nH]2)CC1.[HH]. The van der Waals surface area contributed by atoms with Gasteiger partial charge in [0.15, 0.2) is 0 Å². The number of fused-ring (bicyclic) bond motifs is 1. The summed E-state index contributed by atoms with van der Waals surface area (Å²) in [6.07, 6.45) is 1.49. The van der Waals surface area contributed by atoms with Crippen LogP contribution in [0.25, 0.3) is 11.0 Å². The summed E-state index contributed by atoms with van der Waals surface area (Å²) in [6.45, 7) is 0.957. The molecule has 0 saturated carbocycles. The average molecular weight is 436 g/mol. The number of H-pyrrole nitrogens is 1. The molecule has 7 heteroatoms. The molecule has 0 amide bonds. The van der Waals surface area contributed by atoms with Crippen LogP contribution in [0.2, 0.25) is 0 Å². The molecule has 5 rings (SSSR count). The van der Waals surface area contributed by atoms with Gasteiger partial charge in [-0.15, -0.1) is 0 Å². The van der Waals surface area contributed by atoms with Crippen LogP contribution in [0.15, 0.2) is 83.8 Å². The van der Waals surface area contributed by atoms with E-state index in [4.69, 9.17) is 4.74 Å². The fourth-order valence-electron chi connectivity index (χ4n) is 3.99. The highest BCUT2D eigenvalue weighted by molar-refractivity contribution is 7.89. The van der Waals surface area contributed by atoms with E-state index in [2.05, 4.69) is 9.97 Å². The monoisotopic (exact) mass is 435 g/mol. The molecule has 0 bridgehead atoms. The normalized spacial score (nSPS) is 15.9. The van der Waals surface area contributed by atoms with Crippen LogP contribution in [-0.4, -0.2) is 35.8 Å². The fraction of sp³-hybridized carbons (Fsp3) is 0.208. The van der Waals surface area contributed by atoms with Gasteiger partial charge in [0.05, 0.1) is 15.9 Å². The lowest BCUT2D eigenvalue weighted by molar-refractivity contribution is 0.314. The fourth-order valence-corrected chi connectivity index (χ4v) is 5.46. The number of hydrogen-bond donors (Lipinski definition) is 1. The van der Waals surface area contributed by atoms with Gasteiger partial charge in [-0.05, 0) is 61.4 Å². The number of para-hydroxylation sites is 3. The number of aromatic amines is 1. The second kappa shape index (κ2) is 8.17. The second-order valence-electron chi connectivity index (χ2n) is 7.70. The van der Waals surface area contributed by atoms with Crippen molar-refractivity contribution < 1.29 is 14.6 Å². The van der Waals surface area contributed by atoms with Gasteiger partial charge in [-0.25, -0.2) is 13.4 Å². The topological polar surface area (TPSA) is 75.3 Å². The van der Waals surface area contributed by atoms with Gasteiger partial charge in [0, 0.05) is 20.4 Å². The number of benzene rings is 3. The standard InChI is InChI=1S/C24H23N3O3S.H2/c28-31(29,21-12-10-20(11-13-21)30-19-6-2-1-3-7-19)27-16-14-18(15-17-27)24-25-22-8-4-5-9-23(22)26-24;/h1-13,18H,14-17H2,(H,25,26);1H. The maximum Gasteiger partial charge on any atom is 0.243 e. The van der Waals surface area contributed by atoms with Gasteiger partial charge < -0.3 is 9.72 Å². The van der Waals surface area contributed by atoms with Gasteiger partial charge in [0.25, 0.3) is 0 Å². The number of ether oxygens (including phenoxy) is 1. The van der Waals surface area contributed by atoms with Gasteiger partial charge >= 0.3 is 0 Å². The third kappa shape index (κ3) is 4.06. The van der Waals surface area contributed by atoms with Crippen molar-refractivity contribution in [3.63, 3.8) is 0 Å². The molecule has 0 aliphatic carbocycles. The minimum absolute atomic E-state index is 0. The summed E-state index contributed by atoms with van der Waals surface area (Å²) in [5.74, 6) is 2.50. The molecule has 3 aromatic carbocycles. The van der Waals surface area contributed by atoms with E-state index >= 15 is 0 Å². The third-order valence-electron chi connectivity index (χ3n) is 5.69. The summed E-state index contributed by atoms with van der Waals surface area (Å²) >= 11 is 0. The highest BCUT2D eigenvalue weighted by Crippen LogP contribution is 2.31. The van der Waals surface area contributed by atoms with Crippen molar-refractivity contribution in [3.8, 4) is 11.5 Å². The lowest BCUT2D eigenvalue weighted by Gasteiger charge is -2.30. The zero-order chi connectivity index (χ0) is 21.3. The van der Waals surface area contributed by atoms with E-state index in [1.54, 1.807) is 28.6 Å². The smallest absolute Gasteiger partial charge is 0.243 e.